The van der Waals surface area contributed by atoms with Crippen molar-refractivity contribution < 1.29 is 42.4 Å². The lowest BCUT2D eigenvalue weighted by Gasteiger charge is -2.39. The summed E-state index contributed by atoms with van der Waals surface area (Å²) in [5.41, 5.74) is 2.11. The van der Waals surface area contributed by atoms with E-state index in [1.165, 1.54) is 12.1 Å². The molecule has 2 heterocycles. The van der Waals surface area contributed by atoms with Crippen molar-refractivity contribution in [2.24, 2.45) is 0 Å². The molecule has 0 aliphatic carbocycles. The van der Waals surface area contributed by atoms with E-state index < -0.39 is 5.60 Å². The van der Waals surface area contributed by atoms with Crippen LogP contribution in [0.5, 0.6) is 17.2 Å². The molecule has 1 fully saturated rings. The summed E-state index contributed by atoms with van der Waals surface area (Å²) in [5.74, 6) is 1.68. The first-order valence-corrected chi connectivity index (χ1v) is 16.9. The van der Waals surface area contributed by atoms with Crippen LogP contribution in [0.4, 0.5) is 14.9 Å². The number of carbonyl (C=O) groups excluding carboxylic acids is 2. The summed E-state index contributed by atoms with van der Waals surface area (Å²) in [4.78, 5) is 29.2. The predicted octanol–water partition coefficient (Wildman–Crippen LogP) is 6.75. The van der Waals surface area contributed by atoms with Gasteiger partial charge in [-0.2, -0.15) is 0 Å². The van der Waals surface area contributed by atoms with Gasteiger partial charge in [0.15, 0.2) is 6.61 Å². The Labute approximate surface area is 288 Å². The predicted molar refractivity (Wildman–Crippen MR) is 183 cm³/mol. The Kier molecular flexibility index (Phi) is 12.4. The number of methoxy groups -OCH3 is 1. The maximum absolute atomic E-state index is 13.1. The molecule has 0 spiro atoms. The number of halogens is 1. The molecule has 264 valence electrons. The molecule has 0 saturated carbocycles. The molecule has 2 aliphatic heterocycles. The molecule has 0 aromatic heterocycles. The highest BCUT2D eigenvalue weighted by molar-refractivity contribution is 5.97. The zero-order valence-electron chi connectivity index (χ0n) is 28.8. The number of fused-ring (bicyclic) bond motifs is 1. The standard InChI is InChI=1S/C38H47FN2O8/c1-38(2,3)49-37(43)40-19-17-32(28-8-12-30(13-9-28)45-21-6-22-46-31-14-10-29(39)11-15-31)35(24-40)47-25-27-7-16-34-33(23-27)41(18-5-20-44-4)36(42)26-48-34/h7-16,23,32,35H,5-6,17-22,24-26H2,1-4H3. The van der Waals surface area contributed by atoms with E-state index in [0.29, 0.717) is 70.2 Å². The minimum atomic E-state index is -0.606. The van der Waals surface area contributed by atoms with Gasteiger partial charge in [-0.25, -0.2) is 9.18 Å². The number of nitrogens with zero attached hydrogens (tertiary/aromatic N) is 2. The Hall–Kier alpha value is -4.35. The third-order valence-electron chi connectivity index (χ3n) is 8.32. The third-order valence-corrected chi connectivity index (χ3v) is 8.32. The maximum atomic E-state index is 13.1. The number of carbonyl (C=O) groups is 2. The molecule has 10 nitrogen and oxygen atoms in total. The molecule has 0 bridgehead atoms. The fourth-order valence-electron chi connectivity index (χ4n) is 5.89. The monoisotopic (exact) mass is 678 g/mol. The van der Waals surface area contributed by atoms with Crippen LogP contribution in [0.25, 0.3) is 0 Å². The first-order valence-electron chi connectivity index (χ1n) is 16.9. The van der Waals surface area contributed by atoms with Gasteiger partial charge >= 0.3 is 6.09 Å². The summed E-state index contributed by atoms with van der Waals surface area (Å²) in [6, 6.07) is 19.7. The highest BCUT2D eigenvalue weighted by Gasteiger charge is 2.35. The number of ether oxygens (including phenoxy) is 6. The van der Waals surface area contributed by atoms with Crippen molar-refractivity contribution in [1.29, 1.82) is 0 Å². The van der Waals surface area contributed by atoms with E-state index in [-0.39, 0.29) is 43.1 Å². The molecule has 2 unspecified atom stereocenters. The SMILES string of the molecule is COCCCN1C(=O)COc2ccc(COC3CN(C(=O)OC(C)(C)C)CCC3c3ccc(OCCCOc4ccc(F)cc4)cc3)cc21. The molecular formula is C38H47FN2O8. The maximum Gasteiger partial charge on any atom is 0.410 e. The molecule has 3 aromatic carbocycles. The third kappa shape index (κ3) is 10.3. The van der Waals surface area contributed by atoms with Gasteiger partial charge in [0.25, 0.3) is 5.91 Å². The van der Waals surface area contributed by atoms with Gasteiger partial charge < -0.3 is 38.2 Å². The summed E-state index contributed by atoms with van der Waals surface area (Å²) < 4.78 is 47.8. The van der Waals surface area contributed by atoms with Crippen LogP contribution >= 0.6 is 0 Å². The highest BCUT2D eigenvalue weighted by Crippen LogP contribution is 2.36. The van der Waals surface area contributed by atoms with Crippen LogP contribution in [0.1, 0.15) is 57.1 Å². The zero-order chi connectivity index (χ0) is 34.8. The van der Waals surface area contributed by atoms with Crippen molar-refractivity contribution in [3.8, 4) is 17.2 Å². The largest absolute Gasteiger partial charge is 0.493 e. The summed E-state index contributed by atoms with van der Waals surface area (Å²) >= 11 is 0. The summed E-state index contributed by atoms with van der Waals surface area (Å²) in [6.45, 7) is 8.81. The molecule has 0 radical (unpaired) electrons. The van der Waals surface area contributed by atoms with Crippen molar-refractivity contribution >= 4 is 17.7 Å². The minimum Gasteiger partial charge on any atom is -0.493 e. The average molecular weight is 679 g/mol. The van der Waals surface area contributed by atoms with Gasteiger partial charge in [0.2, 0.25) is 0 Å². The second kappa shape index (κ2) is 16.8. The summed E-state index contributed by atoms with van der Waals surface area (Å²) in [7, 11) is 1.65. The van der Waals surface area contributed by atoms with Crippen LogP contribution in [-0.2, 0) is 25.6 Å². The topological polar surface area (TPSA) is 96.0 Å². The van der Waals surface area contributed by atoms with Crippen LogP contribution in [0, 0.1) is 5.82 Å². The highest BCUT2D eigenvalue weighted by atomic mass is 19.1. The Balaban J connectivity index is 1.23. The molecular weight excluding hydrogens is 631 g/mol. The molecule has 2 aliphatic rings. The lowest BCUT2D eigenvalue weighted by atomic mass is 9.87. The molecule has 49 heavy (non-hydrogen) atoms. The Bertz CT molecular complexity index is 1530. The number of benzene rings is 3. The molecule has 5 rings (SSSR count). The van der Waals surface area contributed by atoms with Crippen molar-refractivity contribution in [3.05, 3.63) is 83.7 Å². The number of rotatable bonds is 14. The molecule has 11 heteroatoms. The van der Waals surface area contributed by atoms with Crippen molar-refractivity contribution in [2.75, 3.05) is 58.1 Å². The molecule has 3 aromatic rings. The van der Waals surface area contributed by atoms with E-state index in [4.69, 9.17) is 28.4 Å². The molecule has 2 atom stereocenters. The number of hydrogen-bond acceptors (Lipinski definition) is 8. The normalized spacial score (nSPS) is 17.7. The zero-order valence-corrected chi connectivity index (χ0v) is 28.8. The van der Waals surface area contributed by atoms with E-state index in [9.17, 15) is 14.0 Å². The quantitative estimate of drug-likeness (QED) is 0.173. The lowest BCUT2D eigenvalue weighted by Crippen LogP contribution is -2.48. The first kappa shape index (κ1) is 35.9. The second-order valence-corrected chi connectivity index (χ2v) is 13.2. The average Bonchev–Trinajstić information content (AvgIpc) is 3.08. The van der Waals surface area contributed by atoms with Crippen LogP contribution in [0.2, 0.25) is 0 Å². The smallest absolute Gasteiger partial charge is 0.410 e. The molecule has 1 saturated heterocycles. The Morgan fingerprint density at radius 3 is 2.31 bits per heavy atom. The van der Waals surface area contributed by atoms with E-state index in [2.05, 4.69) is 0 Å². The molecule has 0 N–H and O–H groups in total. The van der Waals surface area contributed by atoms with Gasteiger partial charge in [-0.05, 0) is 93.3 Å². The van der Waals surface area contributed by atoms with Crippen LogP contribution in [-0.4, -0.2) is 81.8 Å². The molecule has 2 amide bonds. The van der Waals surface area contributed by atoms with Gasteiger partial charge in [0, 0.05) is 39.1 Å². The van der Waals surface area contributed by atoms with E-state index in [1.807, 2.05) is 63.2 Å². The number of amides is 2. The first-order chi connectivity index (χ1) is 23.6. The summed E-state index contributed by atoms with van der Waals surface area (Å²) in [6.07, 6.45) is 1.42. The van der Waals surface area contributed by atoms with E-state index >= 15 is 0 Å². The Morgan fingerprint density at radius 1 is 0.939 bits per heavy atom. The van der Waals surface area contributed by atoms with Crippen molar-refractivity contribution in [3.63, 3.8) is 0 Å². The van der Waals surface area contributed by atoms with Crippen molar-refractivity contribution in [2.45, 2.75) is 64.3 Å². The van der Waals surface area contributed by atoms with Crippen LogP contribution in [0.3, 0.4) is 0 Å². The number of hydrogen-bond donors (Lipinski definition) is 0. The van der Waals surface area contributed by atoms with E-state index in [0.717, 1.165) is 22.6 Å². The van der Waals surface area contributed by atoms with Crippen LogP contribution < -0.4 is 19.1 Å². The fourth-order valence-corrected chi connectivity index (χ4v) is 5.89. The van der Waals surface area contributed by atoms with Gasteiger partial charge in [0.05, 0.1) is 38.2 Å². The number of piperidine rings is 1. The van der Waals surface area contributed by atoms with Crippen LogP contribution in [0.15, 0.2) is 66.7 Å². The number of anilines is 1. The van der Waals surface area contributed by atoms with Crippen molar-refractivity contribution in [1.82, 2.24) is 4.90 Å². The van der Waals surface area contributed by atoms with E-state index in [1.54, 1.807) is 29.0 Å². The van der Waals surface area contributed by atoms with Gasteiger partial charge in [-0.3, -0.25) is 4.79 Å². The second-order valence-electron chi connectivity index (χ2n) is 13.2. The van der Waals surface area contributed by atoms with Gasteiger partial charge in [0.1, 0.15) is 28.7 Å². The van der Waals surface area contributed by atoms with Gasteiger partial charge in [-0.1, -0.05) is 18.2 Å². The fraction of sp³-hybridized carbons (Fsp3) is 0.474. The van der Waals surface area contributed by atoms with Gasteiger partial charge in [-0.15, -0.1) is 0 Å². The minimum absolute atomic E-state index is 0.00977. The summed E-state index contributed by atoms with van der Waals surface area (Å²) in [5, 5.41) is 0. The Morgan fingerprint density at radius 2 is 1.63 bits per heavy atom. The lowest BCUT2D eigenvalue weighted by molar-refractivity contribution is -0.121. The number of likely N-dealkylation sites (tertiary alicyclic amines) is 1.